The summed E-state index contributed by atoms with van der Waals surface area (Å²) in [5.41, 5.74) is 6.86. The number of guanidine groups is 1. The fourth-order valence-electron chi connectivity index (χ4n) is 1.78. The normalized spacial score (nSPS) is 11.6. The maximum atomic E-state index is 12.7. The molecule has 0 bridgehead atoms. The first-order valence-corrected chi connectivity index (χ1v) is 7.42. The van der Waals surface area contributed by atoms with Crippen LogP contribution in [-0.4, -0.2) is 19.0 Å². The number of benzene rings is 1. The van der Waals surface area contributed by atoms with Crippen molar-refractivity contribution >= 4 is 17.3 Å². The summed E-state index contributed by atoms with van der Waals surface area (Å²) in [6, 6.07) is 10.6. The lowest BCUT2D eigenvalue weighted by Crippen LogP contribution is -2.33. The van der Waals surface area contributed by atoms with Crippen LogP contribution in [0.15, 0.2) is 46.8 Å². The van der Waals surface area contributed by atoms with Gasteiger partial charge in [0.1, 0.15) is 5.82 Å². The second-order valence-electron chi connectivity index (χ2n) is 4.40. The monoisotopic (exact) mass is 291 g/mol. The van der Waals surface area contributed by atoms with Crippen molar-refractivity contribution in [3.05, 3.63) is 58.0 Å². The van der Waals surface area contributed by atoms with Crippen molar-refractivity contribution in [2.75, 3.05) is 13.1 Å². The van der Waals surface area contributed by atoms with Gasteiger partial charge in [-0.2, -0.15) is 0 Å². The Balaban J connectivity index is 1.66. The topological polar surface area (TPSA) is 50.4 Å². The summed E-state index contributed by atoms with van der Waals surface area (Å²) in [5, 5.41) is 5.12. The number of aliphatic imine (C=N–C) groups is 1. The molecule has 1 aromatic carbocycles. The second kappa shape index (κ2) is 7.65. The van der Waals surface area contributed by atoms with Crippen molar-refractivity contribution in [1.82, 2.24) is 5.32 Å². The molecule has 0 aliphatic carbocycles. The molecule has 5 heteroatoms. The molecule has 1 heterocycles. The van der Waals surface area contributed by atoms with E-state index < -0.39 is 0 Å². The van der Waals surface area contributed by atoms with Crippen molar-refractivity contribution < 1.29 is 4.39 Å². The van der Waals surface area contributed by atoms with Crippen molar-refractivity contribution in [3.8, 4) is 0 Å². The van der Waals surface area contributed by atoms with Crippen molar-refractivity contribution in [3.63, 3.8) is 0 Å². The van der Waals surface area contributed by atoms with Crippen LogP contribution in [0.5, 0.6) is 0 Å². The average molecular weight is 291 g/mol. The zero-order valence-corrected chi connectivity index (χ0v) is 12.0. The maximum absolute atomic E-state index is 12.7. The predicted octanol–water partition coefficient (Wildman–Crippen LogP) is 2.58. The Morgan fingerprint density at radius 2 is 2.00 bits per heavy atom. The van der Waals surface area contributed by atoms with Gasteiger partial charge in [-0.05, 0) is 35.6 Å². The van der Waals surface area contributed by atoms with E-state index in [9.17, 15) is 4.39 Å². The third-order valence-electron chi connectivity index (χ3n) is 2.85. The molecule has 3 nitrogen and oxygen atoms in total. The van der Waals surface area contributed by atoms with Crippen LogP contribution in [0.2, 0.25) is 0 Å². The van der Waals surface area contributed by atoms with Crippen LogP contribution in [0.4, 0.5) is 4.39 Å². The number of nitrogens with zero attached hydrogens (tertiary/aromatic N) is 1. The minimum absolute atomic E-state index is 0.212. The van der Waals surface area contributed by atoms with Crippen LogP contribution in [0, 0.1) is 5.82 Å². The van der Waals surface area contributed by atoms with E-state index in [0.29, 0.717) is 19.0 Å². The van der Waals surface area contributed by atoms with Crippen LogP contribution in [0.3, 0.4) is 0 Å². The summed E-state index contributed by atoms with van der Waals surface area (Å²) in [6.45, 7) is 1.38. The van der Waals surface area contributed by atoms with E-state index in [0.717, 1.165) is 18.4 Å². The van der Waals surface area contributed by atoms with E-state index in [4.69, 9.17) is 5.73 Å². The molecule has 0 aliphatic rings. The van der Waals surface area contributed by atoms with Gasteiger partial charge in [0.2, 0.25) is 0 Å². The number of nitrogens with one attached hydrogen (secondary N) is 1. The van der Waals surface area contributed by atoms with Crippen LogP contribution in [0.1, 0.15) is 10.4 Å². The lowest BCUT2D eigenvalue weighted by Gasteiger charge is -2.05. The standard InChI is InChI=1S/C15H18FN3S/c16-13-5-3-12(4-6-13)7-9-18-15(17)19-10-8-14-2-1-11-20-14/h1-6,11H,7-10H2,(H3,17,18,19). The van der Waals surface area contributed by atoms with Gasteiger partial charge in [0.25, 0.3) is 0 Å². The molecule has 106 valence electrons. The average Bonchev–Trinajstić information content (AvgIpc) is 2.94. The Bertz CT molecular complexity index is 535. The Morgan fingerprint density at radius 1 is 1.20 bits per heavy atom. The first-order valence-electron chi connectivity index (χ1n) is 6.54. The van der Waals surface area contributed by atoms with E-state index in [1.54, 1.807) is 23.5 Å². The Morgan fingerprint density at radius 3 is 2.70 bits per heavy atom. The molecule has 0 atom stereocenters. The SMILES string of the molecule is NC(=NCCc1cccs1)NCCc1ccc(F)cc1. The van der Waals surface area contributed by atoms with E-state index in [1.807, 2.05) is 6.07 Å². The number of halogens is 1. The van der Waals surface area contributed by atoms with E-state index in [2.05, 4.69) is 21.8 Å². The number of rotatable bonds is 6. The van der Waals surface area contributed by atoms with Gasteiger partial charge in [-0.25, -0.2) is 4.39 Å². The Kier molecular flexibility index (Phi) is 5.55. The minimum atomic E-state index is -0.212. The van der Waals surface area contributed by atoms with E-state index in [-0.39, 0.29) is 5.82 Å². The highest BCUT2D eigenvalue weighted by Gasteiger charge is 1.96. The molecule has 2 aromatic rings. The number of hydrogen-bond donors (Lipinski definition) is 2. The van der Waals surface area contributed by atoms with Crippen LogP contribution < -0.4 is 11.1 Å². The van der Waals surface area contributed by atoms with Crippen molar-refractivity contribution in [2.24, 2.45) is 10.7 Å². The van der Waals surface area contributed by atoms with Gasteiger partial charge in [-0.1, -0.05) is 18.2 Å². The van der Waals surface area contributed by atoms with Crippen LogP contribution in [-0.2, 0) is 12.8 Å². The molecule has 0 amide bonds. The highest BCUT2D eigenvalue weighted by atomic mass is 32.1. The molecule has 2 rings (SSSR count). The van der Waals surface area contributed by atoms with Crippen LogP contribution in [0.25, 0.3) is 0 Å². The summed E-state index contributed by atoms with van der Waals surface area (Å²) in [4.78, 5) is 5.59. The lowest BCUT2D eigenvalue weighted by atomic mass is 10.1. The van der Waals surface area contributed by atoms with Gasteiger partial charge in [0.05, 0.1) is 0 Å². The molecule has 3 N–H and O–H groups in total. The van der Waals surface area contributed by atoms with Crippen molar-refractivity contribution in [1.29, 1.82) is 0 Å². The van der Waals surface area contributed by atoms with Crippen molar-refractivity contribution in [2.45, 2.75) is 12.8 Å². The predicted molar refractivity (Wildman–Crippen MR) is 82.6 cm³/mol. The zero-order chi connectivity index (χ0) is 14.2. The molecule has 0 saturated heterocycles. The molecule has 1 aromatic heterocycles. The molecule has 20 heavy (non-hydrogen) atoms. The molecule has 0 spiro atoms. The summed E-state index contributed by atoms with van der Waals surface area (Å²) in [7, 11) is 0. The highest BCUT2D eigenvalue weighted by molar-refractivity contribution is 7.09. The third kappa shape index (κ3) is 5.01. The quantitative estimate of drug-likeness (QED) is 0.635. The maximum Gasteiger partial charge on any atom is 0.188 e. The number of thiophene rings is 1. The molecular formula is C15H18FN3S. The fraction of sp³-hybridized carbons (Fsp3) is 0.267. The zero-order valence-electron chi connectivity index (χ0n) is 11.2. The molecule has 0 saturated carbocycles. The summed E-state index contributed by atoms with van der Waals surface area (Å²) in [5.74, 6) is 0.250. The Hall–Kier alpha value is -1.88. The second-order valence-corrected chi connectivity index (χ2v) is 5.43. The van der Waals surface area contributed by atoms with Gasteiger partial charge in [-0.15, -0.1) is 11.3 Å². The third-order valence-corrected chi connectivity index (χ3v) is 3.79. The number of hydrogen-bond acceptors (Lipinski definition) is 2. The molecular weight excluding hydrogens is 273 g/mol. The lowest BCUT2D eigenvalue weighted by molar-refractivity contribution is 0.627. The molecule has 0 radical (unpaired) electrons. The van der Waals surface area contributed by atoms with Crippen LogP contribution >= 0.6 is 11.3 Å². The molecule has 0 aliphatic heterocycles. The summed E-state index contributed by atoms with van der Waals surface area (Å²) >= 11 is 1.73. The number of nitrogens with two attached hydrogens (primary N) is 1. The highest BCUT2D eigenvalue weighted by Crippen LogP contribution is 2.08. The van der Waals surface area contributed by atoms with Gasteiger partial charge >= 0.3 is 0 Å². The minimum Gasteiger partial charge on any atom is -0.370 e. The van der Waals surface area contributed by atoms with Gasteiger partial charge < -0.3 is 11.1 Å². The van der Waals surface area contributed by atoms with E-state index in [1.165, 1.54) is 17.0 Å². The fourth-order valence-corrected chi connectivity index (χ4v) is 2.48. The van der Waals surface area contributed by atoms with Gasteiger partial charge in [0.15, 0.2) is 5.96 Å². The summed E-state index contributed by atoms with van der Waals surface area (Å²) in [6.07, 6.45) is 1.71. The van der Waals surface area contributed by atoms with Gasteiger partial charge in [0, 0.05) is 24.4 Å². The molecule has 0 unspecified atom stereocenters. The largest absolute Gasteiger partial charge is 0.370 e. The summed E-state index contributed by atoms with van der Waals surface area (Å²) < 4.78 is 12.7. The first-order chi connectivity index (χ1) is 9.74. The molecule has 0 fully saturated rings. The smallest absolute Gasteiger partial charge is 0.188 e. The van der Waals surface area contributed by atoms with E-state index >= 15 is 0 Å². The first kappa shape index (κ1) is 14.5. The Labute approximate surface area is 122 Å². The van der Waals surface area contributed by atoms with Gasteiger partial charge in [-0.3, -0.25) is 4.99 Å².